The summed E-state index contributed by atoms with van der Waals surface area (Å²) in [6.45, 7) is 6.23. The van der Waals surface area contributed by atoms with Crippen LogP contribution in [0.1, 0.15) is 27.2 Å². The highest BCUT2D eigenvalue weighted by Crippen LogP contribution is 2.13. The monoisotopic (exact) mass is 289 g/mol. The number of aliphatic carboxylic acids is 1. The molecule has 7 nitrogen and oxygen atoms in total. The molecule has 2 N–H and O–H groups in total. The first-order valence-corrected chi connectivity index (χ1v) is 7.32. The van der Waals surface area contributed by atoms with E-state index >= 15 is 0 Å². The molecule has 0 atom stereocenters. The van der Waals surface area contributed by atoms with E-state index in [0.717, 1.165) is 0 Å². The summed E-state index contributed by atoms with van der Waals surface area (Å²) in [4.78, 5) is 10.5. The van der Waals surface area contributed by atoms with Crippen molar-refractivity contribution >= 4 is 16.0 Å². The summed E-state index contributed by atoms with van der Waals surface area (Å²) >= 11 is 0. The number of carboxylic acid groups (broad SMARTS) is 1. The number of rotatable bonds is 6. The zero-order valence-corrected chi connectivity index (χ0v) is 12.1. The van der Waals surface area contributed by atoms with Crippen LogP contribution in [0.3, 0.4) is 0 Å². The van der Waals surface area contributed by atoms with E-state index in [4.69, 9.17) is 5.11 Å². The molecular weight excluding hydrogens is 270 g/mol. The Hall–Kier alpha value is -1.41. The van der Waals surface area contributed by atoms with Crippen LogP contribution in [0.2, 0.25) is 0 Å². The van der Waals surface area contributed by atoms with E-state index in [1.165, 1.54) is 17.1 Å². The van der Waals surface area contributed by atoms with Gasteiger partial charge >= 0.3 is 5.97 Å². The average molecular weight is 289 g/mol. The maximum Gasteiger partial charge on any atom is 0.305 e. The summed E-state index contributed by atoms with van der Waals surface area (Å²) < 4.78 is 27.7. The van der Waals surface area contributed by atoms with Crippen LogP contribution in [0.4, 0.5) is 0 Å². The van der Waals surface area contributed by atoms with Crippen molar-refractivity contribution in [3.63, 3.8) is 0 Å². The van der Waals surface area contributed by atoms with E-state index in [-0.39, 0.29) is 23.3 Å². The molecule has 0 spiro atoms. The number of aryl methyl sites for hydroxylation is 1. The highest BCUT2D eigenvalue weighted by Gasteiger charge is 2.20. The van der Waals surface area contributed by atoms with Crippen LogP contribution >= 0.6 is 0 Å². The second-order valence-electron chi connectivity index (χ2n) is 5.47. The number of hydrogen-bond acceptors (Lipinski definition) is 4. The van der Waals surface area contributed by atoms with Crippen molar-refractivity contribution in [1.82, 2.24) is 14.5 Å². The Morgan fingerprint density at radius 1 is 1.47 bits per heavy atom. The molecule has 0 aliphatic rings. The molecule has 0 aliphatic carbocycles. The molecule has 1 rings (SSSR count). The normalized spacial score (nSPS) is 12.6. The van der Waals surface area contributed by atoms with Crippen LogP contribution in [0, 0.1) is 5.41 Å². The Bertz CT molecular complexity index is 543. The number of hydrogen-bond donors (Lipinski definition) is 2. The SMILES string of the molecule is CC(C)(C)CNS(=O)(=O)c1cnn(CCC(=O)O)c1. The van der Waals surface area contributed by atoms with E-state index in [2.05, 4.69) is 9.82 Å². The van der Waals surface area contributed by atoms with Crippen LogP contribution in [-0.4, -0.2) is 35.8 Å². The molecule has 0 aromatic carbocycles. The first kappa shape index (κ1) is 15.6. The van der Waals surface area contributed by atoms with Gasteiger partial charge in [0.15, 0.2) is 0 Å². The van der Waals surface area contributed by atoms with Gasteiger partial charge in [-0.2, -0.15) is 5.10 Å². The third-order valence-corrected chi connectivity index (χ3v) is 3.62. The first-order chi connectivity index (χ1) is 8.60. The van der Waals surface area contributed by atoms with Gasteiger partial charge in [-0.1, -0.05) is 20.8 Å². The molecule has 108 valence electrons. The van der Waals surface area contributed by atoms with E-state index in [0.29, 0.717) is 6.54 Å². The van der Waals surface area contributed by atoms with E-state index in [1.54, 1.807) is 0 Å². The van der Waals surface area contributed by atoms with Crippen molar-refractivity contribution in [3.05, 3.63) is 12.4 Å². The lowest BCUT2D eigenvalue weighted by Crippen LogP contribution is -2.32. The molecule has 0 amide bonds. The van der Waals surface area contributed by atoms with E-state index in [1.807, 2.05) is 20.8 Å². The van der Waals surface area contributed by atoms with Gasteiger partial charge in [-0.3, -0.25) is 9.48 Å². The highest BCUT2D eigenvalue weighted by molar-refractivity contribution is 7.89. The summed E-state index contributed by atoms with van der Waals surface area (Å²) in [6.07, 6.45) is 2.44. The Kier molecular flexibility index (Phi) is 4.70. The fourth-order valence-electron chi connectivity index (χ4n) is 1.21. The first-order valence-electron chi connectivity index (χ1n) is 5.84. The quantitative estimate of drug-likeness (QED) is 0.802. The highest BCUT2D eigenvalue weighted by atomic mass is 32.2. The third kappa shape index (κ3) is 5.39. The molecule has 19 heavy (non-hydrogen) atoms. The fourth-order valence-corrected chi connectivity index (χ4v) is 2.45. The van der Waals surface area contributed by atoms with Crippen molar-refractivity contribution in [2.24, 2.45) is 5.41 Å². The Labute approximate surface area is 112 Å². The van der Waals surface area contributed by atoms with Crippen LogP contribution in [-0.2, 0) is 21.4 Å². The van der Waals surface area contributed by atoms with Crippen LogP contribution in [0.15, 0.2) is 17.3 Å². The number of aromatic nitrogens is 2. The number of nitrogens with zero attached hydrogens (tertiary/aromatic N) is 2. The molecule has 8 heteroatoms. The smallest absolute Gasteiger partial charge is 0.305 e. The van der Waals surface area contributed by atoms with Crippen LogP contribution in [0.25, 0.3) is 0 Å². The van der Waals surface area contributed by atoms with Crippen LogP contribution < -0.4 is 4.72 Å². The summed E-state index contributed by atoms with van der Waals surface area (Å²) in [5, 5.41) is 12.4. The van der Waals surface area contributed by atoms with Gasteiger partial charge in [0, 0.05) is 12.7 Å². The second-order valence-corrected chi connectivity index (χ2v) is 7.24. The Morgan fingerprint density at radius 2 is 2.11 bits per heavy atom. The molecule has 0 unspecified atom stereocenters. The lowest BCUT2D eigenvalue weighted by Gasteiger charge is -2.18. The molecule has 0 fully saturated rings. The lowest BCUT2D eigenvalue weighted by atomic mass is 9.98. The zero-order valence-electron chi connectivity index (χ0n) is 11.3. The second kappa shape index (κ2) is 5.70. The average Bonchev–Trinajstić information content (AvgIpc) is 2.72. The van der Waals surface area contributed by atoms with Crippen molar-refractivity contribution in [1.29, 1.82) is 0 Å². The van der Waals surface area contributed by atoms with Crippen molar-refractivity contribution < 1.29 is 18.3 Å². The molecule has 0 radical (unpaired) electrons. The standard InChI is InChI=1S/C11H19N3O4S/c1-11(2,3)8-13-19(17,18)9-6-12-14(7-9)5-4-10(15)16/h6-7,13H,4-5,8H2,1-3H3,(H,15,16). The maximum absolute atomic E-state index is 11.9. The van der Waals surface area contributed by atoms with Gasteiger partial charge in [0.1, 0.15) is 4.90 Å². The van der Waals surface area contributed by atoms with Gasteiger partial charge in [-0.25, -0.2) is 13.1 Å². The lowest BCUT2D eigenvalue weighted by molar-refractivity contribution is -0.137. The van der Waals surface area contributed by atoms with Crippen molar-refractivity contribution in [2.75, 3.05) is 6.54 Å². The number of carbonyl (C=O) groups is 1. The van der Waals surface area contributed by atoms with E-state index < -0.39 is 16.0 Å². The predicted molar refractivity (Wildman–Crippen MR) is 69.1 cm³/mol. The zero-order chi connectivity index (χ0) is 14.7. The minimum absolute atomic E-state index is 0.0436. The van der Waals surface area contributed by atoms with Gasteiger partial charge in [0.2, 0.25) is 10.0 Å². The van der Waals surface area contributed by atoms with E-state index in [9.17, 15) is 13.2 Å². The molecule has 1 heterocycles. The largest absolute Gasteiger partial charge is 0.481 e. The molecule has 0 bridgehead atoms. The number of nitrogens with one attached hydrogen (secondary N) is 1. The van der Waals surface area contributed by atoms with Crippen LogP contribution in [0.5, 0.6) is 0 Å². The van der Waals surface area contributed by atoms with Gasteiger partial charge in [-0.15, -0.1) is 0 Å². The molecule has 0 saturated heterocycles. The summed E-state index contributed by atoms with van der Waals surface area (Å²) in [6, 6.07) is 0. The maximum atomic E-state index is 11.9. The minimum atomic E-state index is -3.59. The third-order valence-electron chi connectivity index (χ3n) is 2.27. The topological polar surface area (TPSA) is 101 Å². The molecule has 1 aromatic heterocycles. The molecule has 0 saturated carbocycles. The van der Waals surface area contributed by atoms with Gasteiger partial charge < -0.3 is 5.11 Å². The summed E-state index contributed by atoms with van der Waals surface area (Å²) in [7, 11) is -3.59. The Balaban J connectivity index is 2.71. The summed E-state index contributed by atoms with van der Waals surface area (Å²) in [5.41, 5.74) is -0.160. The number of carboxylic acids is 1. The van der Waals surface area contributed by atoms with Gasteiger partial charge in [0.05, 0.1) is 19.2 Å². The number of sulfonamides is 1. The van der Waals surface area contributed by atoms with Gasteiger partial charge in [0.25, 0.3) is 0 Å². The fraction of sp³-hybridized carbons (Fsp3) is 0.636. The minimum Gasteiger partial charge on any atom is -0.481 e. The molecule has 1 aromatic rings. The predicted octanol–water partition coefficient (Wildman–Crippen LogP) is 0.682. The van der Waals surface area contributed by atoms with Gasteiger partial charge in [-0.05, 0) is 5.41 Å². The van der Waals surface area contributed by atoms with Crippen molar-refractivity contribution in [3.8, 4) is 0 Å². The molecular formula is C11H19N3O4S. The van der Waals surface area contributed by atoms with Crippen molar-refractivity contribution in [2.45, 2.75) is 38.6 Å². The summed E-state index contributed by atoms with van der Waals surface area (Å²) in [5.74, 6) is -0.953. The molecule has 0 aliphatic heterocycles. The Morgan fingerprint density at radius 3 is 2.63 bits per heavy atom.